The van der Waals surface area contributed by atoms with E-state index in [0.29, 0.717) is 23.5 Å². The fourth-order valence-electron chi connectivity index (χ4n) is 7.70. The summed E-state index contributed by atoms with van der Waals surface area (Å²) in [6, 6.07) is 0. The van der Waals surface area contributed by atoms with Crippen molar-refractivity contribution in [3.8, 4) is 0 Å². The van der Waals surface area contributed by atoms with Gasteiger partial charge in [0.25, 0.3) is 0 Å². The van der Waals surface area contributed by atoms with Crippen LogP contribution >= 0.6 is 0 Å². The predicted molar refractivity (Wildman–Crippen MR) is 120 cm³/mol. The summed E-state index contributed by atoms with van der Waals surface area (Å²) in [5.41, 5.74) is 2.81. The summed E-state index contributed by atoms with van der Waals surface area (Å²) in [5, 5.41) is 0. The van der Waals surface area contributed by atoms with Crippen LogP contribution < -0.4 is 0 Å². The molecule has 0 heterocycles. The summed E-state index contributed by atoms with van der Waals surface area (Å²) >= 11 is 0. The lowest BCUT2D eigenvalue weighted by atomic mass is 9.47. The lowest BCUT2D eigenvalue weighted by molar-refractivity contribution is -0.0584. The molecule has 3 unspecified atom stereocenters. The maximum Gasteiger partial charge on any atom is 0.0760 e. The molecule has 0 aromatic heterocycles. The van der Waals surface area contributed by atoms with Crippen LogP contribution in [0.4, 0.5) is 0 Å². The van der Waals surface area contributed by atoms with E-state index in [-0.39, 0.29) is 0 Å². The maximum absolute atomic E-state index is 6.20. The second kappa shape index (κ2) is 8.63. The number of likely N-dealkylation sites (N-methyl/N-ethyl adjacent to an activating group) is 1. The molecule has 4 aliphatic rings. The van der Waals surface area contributed by atoms with Gasteiger partial charge in [-0.25, -0.2) is 0 Å². The summed E-state index contributed by atoms with van der Waals surface area (Å²) in [6.07, 6.45) is 14.0. The van der Waals surface area contributed by atoms with Gasteiger partial charge in [-0.05, 0) is 100.0 Å². The van der Waals surface area contributed by atoms with Crippen molar-refractivity contribution >= 4 is 0 Å². The van der Waals surface area contributed by atoms with Crippen molar-refractivity contribution in [2.45, 2.75) is 78.2 Å². The van der Waals surface area contributed by atoms with Crippen molar-refractivity contribution in [2.24, 2.45) is 34.5 Å². The first-order valence-electron chi connectivity index (χ1n) is 12.4. The van der Waals surface area contributed by atoms with Crippen LogP contribution in [0.5, 0.6) is 0 Å². The number of ether oxygens (including phenoxy) is 2. The molecule has 0 aliphatic heterocycles. The largest absolute Gasteiger partial charge is 0.378 e. The van der Waals surface area contributed by atoms with Crippen LogP contribution in [0.15, 0.2) is 11.6 Å². The molecule has 166 valence electrons. The Kier molecular flexibility index (Phi) is 6.50. The summed E-state index contributed by atoms with van der Waals surface area (Å²) in [5.74, 6) is 3.81. The second-order valence-electron chi connectivity index (χ2n) is 11.4. The number of nitrogens with zero attached hydrogens (tertiary/aromatic N) is 1. The number of hydrogen-bond acceptors (Lipinski definition) is 3. The lowest BCUT2D eigenvalue weighted by Gasteiger charge is -2.58. The highest BCUT2D eigenvalue weighted by molar-refractivity contribution is 5.25. The van der Waals surface area contributed by atoms with Gasteiger partial charge in [0.2, 0.25) is 0 Å². The zero-order valence-electron chi connectivity index (χ0n) is 19.7. The van der Waals surface area contributed by atoms with Gasteiger partial charge in [-0.1, -0.05) is 32.4 Å². The lowest BCUT2D eigenvalue weighted by Crippen LogP contribution is -2.50. The molecule has 0 aromatic rings. The van der Waals surface area contributed by atoms with Crippen molar-refractivity contribution in [3.63, 3.8) is 0 Å². The molecule has 0 N–H and O–H groups in total. The van der Waals surface area contributed by atoms with E-state index >= 15 is 0 Å². The molecule has 0 bridgehead atoms. The fraction of sp³-hybridized carbons (Fsp3) is 0.923. The van der Waals surface area contributed by atoms with Crippen LogP contribution in [0.2, 0.25) is 0 Å². The van der Waals surface area contributed by atoms with Gasteiger partial charge < -0.3 is 14.4 Å². The van der Waals surface area contributed by atoms with Gasteiger partial charge in [-0.15, -0.1) is 0 Å². The molecule has 4 aliphatic carbocycles. The van der Waals surface area contributed by atoms with E-state index in [4.69, 9.17) is 9.47 Å². The zero-order valence-corrected chi connectivity index (χ0v) is 19.7. The first-order valence-corrected chi connectivity index (χ1v) is 12.4. The van der Waals surface area contributed by atoms with Gasteiger partial charge in [0.05, 0.1) is 25.9 Å². The maximum atomic E-state index is 6.20. The van der Waals surface area contributed by atoms with Crippen LogP contribution in [-0.2, 0) is 9.47 Å². The number of fused-ring (bicyclic) bond motifs is 5. The number of allylic oxidation sites excluding steroid dienone is 1. The Morgan fingerprint density at radius 1 is 0.966 bits per heavy atom. The van der Waals surface area contributed by atoms with Crippen molar-refractivity contribution in [2.75, 3.05) is 40.5 Å². The van der Waals surface area contributed by atoms with E-state index in [9.17, 15) is 0 Å². The molecule has 3 fully saturated rings. The van der Waals surface area contributed by atoms with Gasteiger partial charge in [0.1, 0.15) is 0 Å². The molecule has 3 nitrogen and oxygen atoms in total. The molecule has 4 rings (SSSR count). The average molecular weight is 404 g/mol. The van der Waals surface area contributed by atoms with E-state index in [1.54, 1.807) is 5.57 Å². The Bertz CT molecular complexity index is 602. The van der Waals surface area contributed by atoms with Crippen LogP contribution in [0.25, 0.3) is 0 Å². The summed E-state index contributed by atoms with van der Waals surface area (Å²) < 4.78 is 11.9. The highest BCUT2D eigenvalue weighted by Gasteiger charge is 2.57. The zero-order chi connectivity index (χ0) is 20.6. The van der Waals surface area contributed by atoms with Gasteiger partial charge in [-0.2, -0.15) is 0 Å². The quantitative estimate of drug-likeness (QED) is 0.411. The molecule has 0 amide bonds. The van der Waals surface area contributed by atoms with Gasteiger partial charge in [0, 0.05) is 6.54 Å². The third-order valence-electron chi connectivity index (χ3n) is 9.79. The summed E-state index contributed by atoms with van der Waals surface area (Å²) in [4.78, 5) is 2.16. The minimum absolute atomic E-state index is 0.312. The van der Waals surface area contributed by atoms with Crippen LogP contribution in [0.3, 0.4) is 0 Å². The second-order valence-corrected chi connectivity index (χ2v) is 11.4. The normalized spacial score (nSPS) is 44.2. The molecular weight excluding hydrogens is 358 g/mol. The Morgan fingerprint density at radius 3 is 2.59 bits per heavy atom. The van der Waals surface area contributed by atoms with E-state index in [2.05, 4.69) is 45.8 Å². The number of rotatable bonds is 7. The third-order valence-corrected chi connectivity index (χ3v) is 9.79. The first-order chi connectivity index (χ1) is 13.8. The minimum atomic E-state index is 0.312. The van der Waals surface area contributed by atoms with E-state index in [1.165, 1.54) is 51.4 Å². The highest BCUT2D eigenvalue weighted by atomic mass is 16.5. The Hall–Kier alpha value is -0.380. The molecule has 0 aromatic carbocycles. The average Bonchev–Trinajstić information content (AvgIpc) is 2.99. The smallest absolute Gasteiger partial charge is 0.0760 e. The topological polar surface area (TPSA) is 21.7 Å². The summed E-state index contributed by atoms with van der Waals surface area (Å²) in [7, 11) is 4.17. The van der Waals surface area contributed by atoms with Crippen molar-refractivity contribution < 1.29 is 9.47 Å². The van der Waals surface area contributed by atoms with Crippen LogP contribution in [-0.4, -0.2) is 51.5 Å². The Balaban J connectivity index is 1.34. The molecule has 0 saturated heterocycles. The van der Waals surface area contributed by atoms with Crippen LogP contribution in [0, 0.1) is 34.5 Å². The molecule has 7 atom stereocenters. The molecule has 0 spiro atoms. The predicted octanol–water partition coefficient (Wildman–Crippen LogP) is 5.55. The number of hydrogen-bond donors (Lipinski definition) is 0. The van der Waals surface area contributed by atoms with Crippen molar-refractivity contribution in [3.05, 3.63) is 11.6 Å². The van der Waals surface area contributed by atoms with E-state index in [0.717, 1.165) is 43.4 Å². The molecule has 3 saturated carbocycles. The summed E-state index contributed by atoms with van der Waals surface area (Å²) in [6.45, 7) is 11.0. The van der Waals surface area contributed by atoms with Crippen molar-refractivity contribution in [1.82, 2.24) is 4.90 Å². The fourth-order valence-corrected chi connectivity index (χ4v) is 7.70. The van der Waals surface area contributed by atoms with Gasteiger partial charge in [0.15, 0.2) is 0 Å². The molecule has 0 radical (unpaired) electrons. The SMILES string of the molecule is C[C@H]1CCC2C3CCC4=C[C@@H](OCCOCCN(C)C)CC[C@]4(C)C3CC[C@@]21C. The van der Waals surface area contributed by atoms with Gasteiger partial charge in [-0.3, -0.25) is 0 Å². The van der Waals surface area contributed by atoms with E-state index in [1.807, 2.05) is 0 Å². The van der Waals surface area contributed by atoms with Crippen molar-refractivity contribution in [1.29, 1.82) is 0 Å². The van der Waals surface area contributed by atoms with Gasteiger partial charge >= 0.3 is 0 Å². The third kappa shape index (κ3) is 4.08. The Labute approximate surface area is 179 Å². The van der Waals surface area contributed by atoms with E-state index < -0.39 is 0 Å². The molecule has 3 heteroatoms. The molecule has 29 heavy (non-hydrogen) atoms. The Morgan fingerprint density at radius 2 is 1.79 bits per heavy atom. The minimum Gasteiger partial charge on any atom is -0.378 e. The van der Waals surface area contributed by atoms with Crippen LogP contribution in [0.1, 0.15) is 72.1 Å². The monoisotopic (exact) mass is 403 g/mol. The standard InChI is InChI=1S/C26H45NO2/c1-19-6-9-23-22-8-7-20-18-21(29-17-16-28-15-14-27(4)5)10-12-26(20,3)24(22)11-13-25(19,23)2/h18-19,21-24H,6-17H2,1-5H3/t19-,21-,22?,23?,24?,25+,26-/m0/s1. The molecular formula is C26H45NO2. The highest BCUT2D eigenvalue weighted by Crippen LogP contribution is 2.66. The first kappa shape index (κ1) is 21.8.